The van der Waals surface area contributed by atoms with E-state index in [4.69, 9.17) is 4.74 Å². The average molecular weight is 421 g/mol. The van der Waals surface area contributed by atoms with Crippen LogP contribution in [-0.4, -0.2) is 62.9 Å². The van der Waals surface area contributed by atoms with E-state index in [1.807, 2.05) is 11.8 Å². The second-order valence-electron chi connectivity index (χ2n) is 6.64. The first-order valence-electron chi connectivity index (χ1n) is 9.39. The molecule has 0 aliphatic carbocycles. The van der Waals surface area contributed by atoms with E-state index in [9.17, 15) is 17.6 Å². The van der Waals surface area contributed by atoms with Crippen molar-refractivity contribution in [1.82, 2.24) is 9.21 Å². The molecule has 1 saturated heterocycles. The summed E-state index contributed by atoms with van der Waals surface area (Å²) >= 11 is 0. The predicted molar refractivity (Wildman–Crippen MR) is 108 cm³/mol. The van der Waals surface area contributed by atoms with Crippen molar-refractivity contribution in [2.75, 3.05) is 44.6 Å². The van der Waals surface area contributed by atoms with E-state index < -0.39 is 15.8 Å². The highest BCUT2D eigenvalue weighted by molar-refractivity contribution is 7.89. The summed E-state index contributed by atoms with van der Waals surface area (Å²) in [6.45, 7) is 3.98. The molecule has 0 radical (unpaired) electrons. The lowest BCUT2D eigenvalue weighted by Gasteiger charge is -2.33. The summed E-state index contributed by atoms with van der Waals surface area (Å²) in [5.74, 6) is -0.0209. The van der Waals surface area contributed by atoms with Crippen molar-refractivity contribution in [3.8, 4) is 5.75 Å². The van der Waals surface area contributed by atoms with Crippen LogP contribution in [0.15, 0.2) is 53.4 Å². The van der Waals surface area contributed by atoms with Crippen LogP contribution in [0.3, 0.4) is 0 Å². The standard InChI is InChI=1S/C20H24FN3O4S/c1-2-28-18-8-6-17(7-9-18)22-20(25)15-23-10-12-24(13-11-23)29(26,27)19-5-3-4-16(21)14-19/h3-9,14H,2,10-13,15H2,1H3,(H,22,25). The Kier molecular flexibility index (Phi) is 6.83. The highest BCUT2D eigenvalue weighted by atomic mass is 32.2. The lowest BCUT2D eigenvalue weighted by molar-refractivity contribution is -0.117. The Balaban J connectivity index is 1.51. The van der Waals surface area contributed by atoms with Gasteiger partial charge in [-0.3, -0.25) is 9.69 Å². The monoisotopic (exact) mass is 421 g/mol. The molecule has 7 nitrogen and oxygen atoms in total. The molecule has 9 heteroatoms. The number of ether oxygens (including phenoxy) is 1. The number of benzene rings is 2. The number of anilines is 1. The summed E-state index contributed by atoms with van der Waals surface area (Å²) in [5.41, 5.74) is 0.672. The molecule has 1 heterocycles. The van der Waals surface area contributed by atoms with Crippen molar-refractivity contribution in [3.63, 3.8) is 0 Å². The largest absolute Gasteiger partial charge is 0.494 e. The second-order valence-corrected chi connectivity index (χ2v) is 8.58. The van der Waals surface area contributed by atoms with Gasteiger partial charge in [0.25, 0.3) is 0 Å². The van der Waals surface area contributed by atoms with Crippen molar-refractivity contribution in [1.29, 1.82) is 0 Å². The number of sulfonamides is 1. The van der Waals surface area contributed by atoms with Crippen LogP contribution in [-0.2, 0) is 14.8 Å². The minimum Gasteiger partial charge on any atom is -0.494 e. The molecule has 156 valence electrons. The average Bonchev–Trinajstić information content (AvgIpc) is 2.70. The van der Waals surface area contributed by atoms with Gasteiger partial charge in [0.05, 0.1) is 18.0 Å². The van der Waals surface area contributed by atoms with Gasteiger partial charge in [-0.1, -0.05) is 6.07 Å². The fourth-order valence-corrected chi connectivity index (χ4v) is 4.56. The van der Waals surface area contributed by atoms with Gasteiger partial charge < -0.3 is 10.1 Å². The maximum Gasteiger partial charge on any atom is 0.243 e. The smallest absolute Gasteiger partial charge is 0.243 e. The van der Waals surface area contributed by atoms with Crippen LogP contribution in [0.4, 0.5) is 10.1 Å². The second kappa shape index (κ2) is 9.34. The topological polar surface area (TPSA) is 79.0 Å². The van der Waals surface area contributed by atoms with E-state index >= 15 is 0 Å². The number of hydrogen-bond acceptors (Lipinski definition) is 5. The number of piperazine rings is 1. The number of carbonyl (C=O) groups is 1. The van der Waals surface area contributed by atoms with Crippen LogP contribution in [0.1, 0.15) is 6.92 Å². The number of halogens is 1. The van der Waals surface area contributed by atoms with Crippen molar-refractivity contribution < 1.29 is 22.3 Å². The molecule has 0 bridgehead atoms. The zero-order chi connectivity index (χ0) is 20.9. The first kappa shape index (κ1) is 21.2. The van der Waals surface area contributed by atoms with E-state index in [-0.39, 0.29) is 30.4 Å². The molecule has 0 saturated carbocycles. The summed E-state index contributed by atoms with van der Waals surface area (Å²) in [4.78, 5) is 14.1. The summed E-state index contributed by atoms with van der Waals surface area (Å²) in [6, 6.07) is 12.1. The number of hydrogen-bond donors (Lipinski definition) is 1. The Morgan fingerprint density at radius 2 is 1.79 bits per heavy atom. The van der Waals surface area contributed by atoms with Crippen molar-refractivity contribution in [2.24, 2.45) is 0 Å². The highest BCUT2D eigenvalue weighted by Gasteiger charge is 2.29. The quantitative estimate of drug-likeness (QED) is 0.741. The molecule has 1 aliphatic heterocycles. The molecule has 1 aliphatic rings. The SMILES string of the molecule is CCOc1ccc(NC(=O)CN2CCN(S(=O)(=O)c3cccc(F)c3)CC2)cc1. The molecule has 0 unspecified atom stereocenters. The molecule has 1 fully saturated rings. The summed E-state index contributed by atoms with van der Waals surface area (Å²) in [7, 11) is -3.74. The van der Waals surface area contributed by atoms with Crippen LogP contribution in [0.25, 0.3) is 0 Å². The van der Waals surface area contributed by atoms with Gasteiger partial charge in [0, 0.05) is 31.9 Å². The molecule has 0 spiro atoms. The Morgan fingerprint density at radius 1 is 1.10 bits per heavy atom. The van der Waals surface area contributed by atoms with E-state index in [2.05, 4.69) is 5.32 Å². The van der Waals surface area contributed by atoms with E-state index in [0.29, 0.717) is 25.4 Å². The molecule has 3 rings (SSSR count). The number of carbonyl (C=O) groups excluding carboxylic acids is 1. The van der Waals surface area contributed by atoms with Crippen LogP contribution >= 0.6 is 0 Å². The molecule has 1 amide bonds. The summed E-state index contributed by atoms with van der Waals surface area (Å²) in [5, 5.41) is 2.82. The van der Waals surface area contributed by atoms with Crippen LogP contribution < -0.4 is 10.1 Å². The minimum atomic E-state index is -3.74. The van der Waals surface area contributed by atoms with Gasteiger partial charge in [-0.2, -0.15) is 4.31 Å². The number of rotatable bonds is 7. The normalized spacial score (nSPS) is 15.8. The van der Waals surface area contributed by atoms with E-state index in [0.717, 1.165) is 11.8 Å². The Hall–Kier alpha value is -2.49. The van der Waals surface area contributed by atoms with Gasteiger partial charge in [-0.25, -0.2) is 12.8 Å². The van der Waals surface area contributed by atoms with Crippen molar-refractivity contribution in [2.45, 2.75) is 11.8 Å². The van der Waals surface area contributed by atoms with Gasteiger partial charge >= 0.3 is 0 Å². The van der Waals surface area contributed by atoms with Gasteiger partial charge in [-0.15, -0.1) is 0 Å². The fraction of sp³-hybridized carbons (Fsp3) is 0.350. The molecule has 2 aromatic carbocycles. The van der Waals surface area contributed by atoms with Crippen LogP contribution in [0, 0.1) is 5.82 Å². The molecule has 29 heavy (non-hydrogen) atoms. The van der Waals surface area contributed by atoms with Gasteiger partial charge in [-0.05, 0) is 49.4 Å². The number of amides is 1. The lowest BCUT2D eigenvalue weighted by Crippen LogP contribution is -2.50. The molecule has 0 aromatic heterocycles. The highest BCUT2D eigenvalue weighted by Crippen LogP contribution is 2.19. The third kappa shape index (κ3) is 5.53. The van der Waals surface area contributed by atoms with E-state index in [1.54, 1.807) is 24.3 Å². The number of nitrogens with zero attached hydrogens (tertiary/aromatic N) is 2. The third-order valence-electron chi connectivity index (χ3n) is 4.58. The van der Waals surface area contributed by atoms with E-state index in [1.165, 1.54) is 22.5 Å². The Bertz CT molecular complexity index is 942. The zero-order valence-corrected chi connectivity index (χ0v) is 17.0. The first-order valence-corrected chi connectivity index (χ1v) is 10.8. The minimum absolute atomic E-state index is 0.0563. The van der Waals surface area contributed by atoms with Crippen LogP contribution in [0.2, 0.25) is 0 Å². The maximum absolute atomic E-state index is 13.4. The predicted octanol–water partition coefficient (Wildman–Crippen LogP) is 2.17. The fourth-order valence-electron chi connectivity index (χ4n) is 3.11. The molecule has 0 atom stereocenters. The van der Waals surface area contributed by atoms with Gasteiger partial charge in [0.2, 0.25) is 15.9 Å². The van der Waals surface area contributed by atoms with Crippen molar-refractivity contribution in [3.05, 3.63) is 54.3 Å². The first-order chi connectivity index (χ1) is 13.9. The number of nitrogens with one attached hydrogen (secondary N) is 1. The van der Waals surface area contributed by atoms with Gasteiger partial charge in [0.1, 0.15) is 11.6 Å². The third-order valence-corrected chi connectivity index (χ3v) is 6.48. The molecular formula is C20H24FN3O4S. The molecule has 2 aromatic rings. The summed E-state index contributed by atoms with van der Waals surface area (Å²) < 4.78 is 45.3. The maximum atomic E-state index is 13.4. The summed E-state index contributed by atoms with van der Waals surface area (Å²) in [6.07, 6.45) is 0. The Labute approximate surface area is 170 Å². The van der Waals surface area contributed by atoms with Crippen molar-refractivity contribution >= 4 is 21.6 Å². The van der Waals surface area contributed by atoms with Crippen LogP contribution in [0.5, 0.6) is 5.75 Å². The molecule has 1 N–H and O–H groups in total. The molecular weight excluding hydrogens is 397 g/mol. The lowest BCUT2D eigenvalue weighted by atomic mass is 10.3. The van der Waals surface area contributed by atoms with Gasteiger partial charge in [0.15, 0.2) is 0 Å². The zero-order valence-electron chi connectivity index (χ0n) is 16.2. The Morgan fingerprint density at radius 3 is 2.41 bits per heavy atom.